The molecule has 0 fully saturated rings. The minimum atomic E-state index is 0.367. The molecule has 0 aromatic carbocycles. The van der Waals surface area contributed by atoms with E-state index in [2.05, 4.69) is 30.7 Å². The molecular formula is C14H23N3S. The minimum Gasteiger partial charge on any atom is -0.388 e. The van der Waals surface area contributed by atoms with Gasteiger partial charge in [-0.25, -0.2) is 0 Å². The summed E-state index contributed by atoms with van der Waals surface area (Å²) in [4.78, 5) is 7.00. The molecule has 1 rings (SSSR count). The number of hydrogen-bond donors (Lipinski definition) is 1. The fraction of sp³-hybridized carbons (Fsp3) is 0.571. The minimum absolute atomic E-state index is 0.367. The largest absolute Gasteiger partial charge is 0.388 e. The van der Waals surface area contributed by atoms with Crippen molar-refractivity contribution < 1.29 is 0 Å². The highest BCUT2D eigenvalue weighted by atomic mass is 32.1. The van der Waals surface area contributed by atoms with Crippen molar-refractivity contribution in [1.82, 2.24) is 4.98 Å². The van der Waals surface area contributed by atoms with E-state index in [4.69, 9.17) is 18.0 Å². The first kappa shape index (κ1) is 14.9. The number of thiocarbonyl (C=S) groups is 1. The van der Waals surface area contributed by atoms with E-state index >= 15 is 0 Å². The number of nitrogens with zero attached hydrogens (tertiary/aromatic N) is 2. The fourth-order valence-electron chi connectivity index (χ4n) is 2.01. The van der Waals surface area contributed by atoms with Crippen LogP contribution in [0.4, 0.5) is 5.69 Å². The maximum absolute atomic E-state index is 5.75. The van der Waals surface area contributed by atoms with Crippen LogP contribution in [0.5, 0.6) is 0 Å². The normalized spacial score (nSPS) is 10.7. The summed E-state index contributed by atoms with van der Waals surface area (Å²) in [6, 6.07) is 4.40. The molecule has 0 radical (unpaired) electrons. The summed E-state index contributed by atoms with van der Waals surface area (Å²) >= 11 is 5.08. The van der Waals surface area contributed by atoms with E-state index in [0.717, 1.165) is 17.9 Å². The van der Waals surface area contributed by atoms with Gasteiger partial charge in [-0.05, 0) is 32.4 Å². The molecular weight excluding hydrogens is 242 g/mol. The van der Waals surface area contributed by atoms with Crippen LogP contribution >= 0.6 is 12.2 Å². The smallest absolute Gasteiger partial charge is 0.124 e. The van der Waals surface area contributed by atoms with Gasteiger partial charge in [0.05, 0.1) is 5.69 Å². The lowest BCUT2D eigenvalue weighted by molar-refractivity contribution is 0.625. The summed E-state index contributed by atoms with van der Waals surface area (Å²) in [6.07, 6.45) is 5.38. The predicted octanol–water partition coefficient (Wildman–Crippen LogP) is 3.12. The van der Waals surface area contributed by atoms with Gasteiger partial charge < -0.3 is 10.6 Å². The number of nitrogens with two attached hydrogens (primary N) is 1. The van der Waals surface area contributed by atoms with Gasteiger partial charge in [-0.1, -0.05) is 32.0 Å². The zero-order valence-corrected chi connectivity index (χ0v) is 12.3. The molecule has 0 bridgehead atoms. The summed E-state index contributed by atoms with van der Waals surface area (Å²) in [7, 11) is 0. The first-order chi connectivity index (χ1) is 8.57. The molecule has 0 amide bonds. The van der Waals surface area contributed by atoms with E-state index in [1.807, 2.05) is 12.1 Å². The predicted molar refractivity (Wildman–Crippen MR) is 82.1 cm³/mol. The zero-order valence-electron chi connectivity index (χ0n) is 11.5. The third kappa shape index (κ3) is 3.95. The maximum Gasteiger partial charge on any atom is 0.124 e. The van der Waals surface area contributed by atoms with Gasteiger partial charge in [0, 0.05) is 18.8 Å². The molecule has 0 atom stereocenters. The average Bonchev–Trinajstić information content (AvgIpc) is 2.34. The van der Waals surface area contributed by atoms with Crippen LogP contribution in [0.1, 0.15) is 45.7 Å². The van der Waals surface area contributed by atoms with Crippen molar-refractivity contribution in [3.63, 3.8) is 0 Å². The zero-order chi connectivity index (χ0) is 13.5. The number of aromatic nitrogens is 1. The Hall–Kier alpha value is -1.16. The van der Waals surface area contributed by atoms with Crippen LogP contribution in [0.15, 0.2) is 18.3 Å². The van der Waals surface area contributed by atoms with Crippen LogP contribution in [-0.2, 0) is 0 Å². The number of pyridine rings is 1. The maximum atomic E-state index is 5.75. The summed E-state index contributed by atoms with van der Waals surface area (Å²) in [5, 5.41) is 0. The number of anilines is 1. The Morgan fingerprint density at radius 3 is 2.72 bits per heavy atom. The van der Waals surface area contributed by atoms with E-state index in [-0.39, 0.29) is 0 Å². The Labute approximate surface area is 115 Å². The van der Waals surface area contributed by atoms with Crippen LogP contribution < -0.4 is 10.6 Å². The molecule has 0 saturated carbocycles. The number of rotatable bonds is 7. The molecule has 18 heavy (non-hydrogen) atoms. The van der Waals surface area contributed by atoms with Gasteiger partial charge in [0.2, 0.25) is 0 Å². The van der Waals surface area contributed by atoms with E-state index in [9.17, 15) is 0 Å². The molecule has 0 aliphatic rings. The Kier molecular flexibility index (Phi) is 6.05. The molecule has 1 aromatic rings. The summed E-state index contributed by atoms with van der Waals surface area (Å²) in [6.45, 7) is 7.60. The molecule has 2 N–H and O–H groups in total. The van der Waals surface area contributed by atoms with Crippen molar-refractivity contribution in [3.8, 4) is 0 Å². The van der Waals surface area contributed by atoms with Gasteiger partial charge in [-0.15, -0.1) is 0 Å². The topological polar surface area (TPSA) is 42.2 Å². The van der Waals surface area contributed by atoms with Crippen molar-refractivity contribution >= 4 is 22.9 Å². The van der Waals surface area contributed by atoms with Gasteiger partial charge >= 0.3 is 0 Å². The summed E-state index contributed by atoms with van der Waals surface area (Å²) in [5.41, 5.74) is 7.54. The molecule has 0 spiro atoms. The Balaban J connectivity index is 2.94. The van der Waals surface area contributed by atoms with Gasteiger partial charge in [0.15, 0.2) is 0 Å². The highest BCUT2D eigenvalue weighted by Crippen LogP contribution is 2.21. The van der Waals surface area contributed by atoms with E-state index in [1.54, 1.807) is 6.20 Å². The summed E-state index contributed by atoms with van der Waals surface area (Å²) < 4.78 is 0. The molecule has 100 valence electrons. The van der Waals surface area contributed by atoms with Gasteiger partial charge in [0.25, 0.3) is 0 Å². The van der Waals surface area contributed by atoms with Crippen LogP contribution in [0.25, 0.3) is 0 Å². The molecule has 0 unspecified atom stereocenters. The van der Waals surface area contributed by atoms with Crippen molar-refractivity contribution in [2.75, 3.05) is 11.4 Å². The lowest BCUT2D eigenvalue weighted by Gasteiger charge is -2.30. The van der Waals surface area contributed by atoms with Crippen LogP contribution in [0, 0.1) is 0 Å². The van der Waals surface area contributed by atoms with Gasteiger partial charge in [-0.3, -0.25) is 4.98 Å². The molecule has 0 aliphatic heterocycles. The lowest BCUT2D eigenvalue weighted by atomic mass is 10.1. The fourth-order valence-corrected chi connectivity index (χ4v) is 2.16. The molecule has 0 aliphatic carbocycles. The highest BCUT2D eigenvalue weighted by Gasteiger charge is 2.15. The second-order valence-corrected chi connectivity index (χ2v) is 5.17. The lowest BCUT2D eigenvalue weighted by Crippen LogP contribution is -2.34. The van der Waals surface area contributed by atoms with Gasteiger partial charge in [-0.2, -0.15) is 0 Å². The van der Waals surface area contributed by atoms with Crippen LogP contribution in [0.3, 0.4) is 0 Å². The Morgan fingerprint density at radius 1 is 1.44 bits per heavy atom. The van der Waals surface area contributed by atoms with Gasteiger partial charge in [0.1, 0.15) is 10.7 Å². The molecule has 1 heterocycles. The highest BCUT2D eigenvalue weighted by molar-refractivity contribution is 7.80. The number of hydrogen-bond acceptors (Lipinski definition) is 3. The van der Waals surface area contributed by atoms with Crippen molar-refractivity contribution in [2.45, 2.75) is 46.1 Å². The van der Waals surface area contributed by atoms with Crippen LogP contribution in [0.2, 0.25) is 0 Å². The number of unbranched alkanes of at least 4 members (excludes halogenated alkanes) is 2. The third-order valence-electron chi connectivity index (χ3n) is 2.96. The van der Waals surface area contributed by atoms with Crippen molar-refractivity contribution in [1.29, 1.82) is 0 Å². The SMILES string of the molecule is CCCCCN(c1cccnc1C(N)=S)C(C)C. The van der Waals surface area contributed by atoms with Crippen molar-refractivity contribution in [3.05, 3.63) is 24.0 Å². The molecule has 1 aromatic heterocycles. The average molecular weight is 265 g/mol. The Bertz CT molecular complexity index is 390. The van der Waals surface area contributed by atoms with Crippen molar-refractivity contribution in [2.24, 2.45) is 5.73 Å². The molecule has 0 saturated heterocycles. The third-order valence-corrected chi connectivity index (χ3v) is 3.15. The van der Waals surface area contributed by atoms with E-state index in [1.165, 1.54) is 19.3 Å². The van der Waals surface area contributed by atoms with E-state index < -0.39 is 0 Å². The second kappa shape index (κ2) is 7.31. The first-order valence-corrected chi connectivity index (χ1v) is 7.00. The van der Waals surface area contributed by atoms with Crippen LogP contribution in [-0.4, -0.2) is 22.6 Å². The second-order valence-electron chi connectivity index (χ2n) is 4.73. The van der Waals surface area contributed by atoms with E-state index in [0.29, 0.717) is 11.0 Å². The molecule has 3 nitrogen and oxygen atoms in total. The molecule has 4 heteroatoms. The quantitative estimate of drug-likeness (QED) is 0.607. The monoisotopic (exact) mass is 265 g/mol. The first-order valence-electron chi connectivity index (χ1n) is 6.59. The summed E-state index contributed by atoms with van der Waals surface area (Å²) in [5.74, 6) is 0. The Morgan fingerprint density at radius 2 is 2.17 bits per heavy atom. The standard InChI is InChI=1S/C14H23N3S/c1-4-5-6-10-17(11(2)3)12-8-7-9-16-13(12)14(15)18/h7-9,11H,4-6,10H2,1-3H3,(H2,15,18).